The summed E-state index contributed by atoms with van der Waals surface area (Å²) in [4.78, 5) is 21.2. The molecule has 0 radical (unpaired) electrons. The molecule has 0 aliphatic carbocycles. The Morgan fingerprint density at radius 1 is 1.44 bits per heavy atom. The molecule has 0 aliphatic rings. The molecule has 144 valence electrons. The first-order valence-corrected chi connectivity index (χ1v) is 9.36. The van der Waals surface area contributed by atoms with Crippen LogP contribution in [-0.4, -0.2) is 43.4 Å². The van der Waals surface area contributed by atoms with Crippen molar-refractivity contribution in [1.29, 1.82) is 0 Å². The molecule has 0 aliphatic heterocycles. The molecule has 0 saturated heterocycles. The lowest BCUT2D eigenvalue weighted by molar-refractivity contribution is -0.117. The number of carbonyl (C=O) groups is 1. The number of aryl methyl sites for hydroxylation is 1. The van der Waals surface area contributed by atoms with E-state index in [1.54, 1.807) is 14.0 Å². The van der Waals surface area contributed by atoms with Gasteiger partial charge >= 0.3 is 0 Å². The van der Waals surface area contributed by atoms with Gasteiger partial charge in [-0.3, -0.25) is 9.79 Å². The molecule has 0 saturated carbocycles. The van der Waals surface area contributed by atoms with Crippen molar-refractivity contribution < 1.29 is 9.32 Å². The van der Waals surface area contributed by atoms with Crippen LogP contribution in [0.3, 0.4) is 0 Å². The summed E-state index contributed by atoms with van der Waals surface area (Å²) >= 11 is 1.53. The zero-order valence-corrected chi connectivity index (χ0v) is 16.9. The van der Waals surface area contributed by atoms with Crippen LogP contribution in [0.1, 0.15) is 25.3 Å². The van der Waals surface area contributed by atoms with Crippen LogP contribution in [0.15, 0.2) is 43.2 Å². The summed E-state index contributed by atoms with van der Waals surface area (Å²) in [5, 5.41) is 9.73. The van der Waals surface area contributed by atoms with E-state index in [2.05, 4.69) is 31.7 Å². The molecule has 0 bridgehead atoms. The number of hydrogen-bond donors (Lipinski definition) is 2. The highest BCUT2D eigenvalue weighted by Gasteiger charge is 2.11. The van der Waals surface area contributed by atoms with Crippen LogP contribution in [0.25, 0.3) is 0 Å². The first-order valence-electron chi connectivity index (χ1n) is 8.37. The van der Waals surface area contributed by atoms with Crippen LogP contribution in [-0.2, 0) is 10.5 Å². The van der Waals surface area contributed by atoms with Crippen LogP contribution >= 0.6 is 11.8 Å². The standard InChI is InChI=1S/C19H25N5O2S/c1-6-8-17(27-13-16-12-14(3)24-26-16)15(4)18(25)21-10-11-23-19(20-5)22-9-7-2/h2,6,8-9,12H,10-11,13H2,1,3-5H3,(H,20,23)(H,21,25)/b8-6-,17-15-,22-9-. The molecule has 0 spiro atoms. The molecule has 1 rings (SSSR count). The van der Waals surface area contributed by atoms with E-state index in [4.69, 9.17) is 10.9 Å². The number of terminal acetylenes is 1. The van der Waals surface area contributed by atoms with Gasteiger partial charge in [0.2, 0.25) is 11.9 Å². The second kappa shape index (κ2) is 12.5. The van der Waals surface area contributed by atoms with Crippen molar-refractivity contribution in [3.8, 4) is 12.3 Å². The molecule has 0 atom stereocenters. The quantitative estimate of drug-likeness (QED) is 0.179. The third-order valence-electron chi connectivity index (χ3n) is 3.24. The zero-order valence-electron chi connectivity index (χ0n) is 16.1. The Balaban J connectivity index is 2.57. The third-order valence-corrected chi connectivity index (χ3v) is 4.42. The average molecular weight is 388 g/mol. The summed E-state index contributed by atoms with van der Waals surface area (Å²) < 4.78 is 5.21. The molecule has 27 heavy (non-hydrogen) atoms. The largest absolute Gasteiger partial charge is 0.360 e. The molecule has 0 unspecified atom stereocenters. The normalized spacial score (nSPS) is 12.9. The van der Waals surface area contributed by atoms with Crippen LogP contribution in [0.4, 0.5) is 0 Å². The second-order valence-electron chi connectivity index (χ2n) is 5.37. The fraction of sp³-hybridized carbons (Fsp3) is 0.368. The Hall–Kier alpha value is -2.79. The summed E-state index contributed by atoms with van der Waals surface area (Å²) in [5.74, 6) is 3.97. The SMILES string of the molecule is C#C/C=N\C(=N/C)NCCNC(=O)/C(C)=C(/C=C\C)SCc1cc(C)no1. The fourth-order valence-electron chi connectivity index (χ4n) is 1.94. The lowest BCUT2D eigenvalue weighted by atomic mass is 10.2. The Kier molecular flexibility index (Phi) is 10.3. The number of hydrogen-bond acceptors (Lipinski definition) is 5. The van der Waals surface area contributed by atoms with Gasteiger partial charge in [0.15, 0.2) is 0 Å². The maximum Gasteiger partial charge on any atom is 0.248 e. The van der Waals surface area contributed by atoms with Crippen LogP contribution in [0.5, 0.6) is 0 Å². The van der Waals surface area contributed by atoms with E-state index in [0.29, 0.717) is 30.4 Å². The maximum atomic E-state index is 12.4. The number of amides is 1. The summed E-state index contributed by atoms with van der Waals surface area (Å²) in [5.41, 5.74) is 1.48. The number of nitrogens with zero attached hydrogens (tertiary/aromatic N) is 3. The zero-order chi connectivity index (χ0) is 20.1. The Bertz CT molecular complexity index is 784. The number of thioether (sulfide) groups is 1. The van der Waals surface area contributed by atoms with E-state index >= 15 is 0 Å². The van der Waals surface area contributed by atoms with Gasteiger partial charge in [-0.15, -0.1) is 18.2 Å². The number of aliphatic imine (C=N–C) groups is 2. The summed E-state index contributed by atoms with van der Waals surface area (Å²) in [6.07, 6.45) is 10.2. The first kappa shape index (κ1) is 22.3. The van der Waals surface area contributed by atoms with Gasteiger partial charge in [0, 0.05) is 36.7 Å². The number of nitrogens with one attached hydrogen (secondary N) is 2. The van der Waals surface area contributed by atoms with Gasteiger partial charge in [-0.25, -0.2) is 4.99 Å². The molecule has 1 aromatic rings. The Morgan fingerprint density at radius 2 is 2.19 bits per heavy atom. The van der Waals surface area contributed by atoms with Crippen LogP contribution < -0.4 is 10.6 Å². The minimum Gasteiger partial charge on any atom is -0.360 e. The highest BCUT2D eigenvalue weighted by atomic mass is 32.2. The van der Waals surface area contributed by atoms with E-state index in [9.17, 15) is 4.79 Å². The van der Waals surface area contributed by atoms with Crippen molar-refractivity contribution in [2.24, 2.45) is 9.98 Å². The minimum absolute atomic E-state index is 0.131. The van der Waals surface area contributed by atoms with Gasteiger partial charge in [0.05, 0.1) is 17.7 Å². The van der Waals surface area contributed by atoms with Crippen molar-refractivity contribution in [1.82, 2.24) is 15.8 Å². The summed E-state index contributed by atoms with van der Waals surface area (Å²) in [7, 11) is 1.61. The number of carbonyl (C=O) groups excluding carboxylic acids is 1. The van der Waals surface area contributed by atoms with Gasteiger partial charge < -0.3 is 15.2 Å². The molecule has 7 nitrogen and oxygen atoms in total. The molecule has 1 amide bonds. The number of guanidine groups is 1. The minimum atomic E-state index is -0.131. The molecular weight excluding hydrogens is 362 g/mol. The first-order chi connectivity index (χ1) is 13.0. The van der Waals surface area contributed by atoms with Crippen molar-refractivity contribution >= 4 is 29.8 Å². The molecule has 8 heteroatoms. The van der Waals surface area contributed by atoms with Crippen LogP contribution in [0.2, 0.25) is 0 Å². The number of rotatable bonds is 8. The van der Waals surface area contributed by atoms with E-state index in [1.807, 2.05) is 32.1 Å². The monoisotopic (exact) mass is 387 g/mol. The predicted octanol–water partition coefficient (Wildman–Crippen LogP) is 2.46. The Labute approximate surface area is 164 Å². The van der Waals surface area contributed by atoms with E-state index in [-0.39, 0.29) is 5.91 Å². The third kappa shape index (κ3) is 8.42. The van der Waals surface area contributed by atoms with E-state index in [0.717, 1.165) is 16.4 Å². The van der Waals surface area contributed by atoms with Gasteiger partial charge in [-0.05, 0) is 20.8 Å². The lowest BCUT2D eigenvalue weighted by Crippen LogP contribution is -2.34. The number of aromatic nitrogens is 1. The molecule has 2 N–H and O–H groups in total. The maximum absolute atomic E-state index is 12.4. The van der Waals surface area contributed by atoms with E-state index in [1.165, 1.54) is 18.0 Å². The van der Waals surface area contributed by atoms with Gasteiger partial charge in [-0.2, -0.15) is 0 Å². The van der Waals surface area contributed by atoms with Crippen molar-refractivity contribution in [2.75, 3.05) is 20.1 Å². The predicted molar refractivity (Wildman–Crippen MR) is 112 cm³/mol. The fourth-order valence-corrected chi connectivity index (χ4v) is 2.92. The molecule has 0 fully saturated rings. The van der Waals surface area contributed by atoms with E-state index < -0.39 is 0 Å². The van der Waals surface area contributed by atoms with Gasteiger partial charge in [0.1, 0.15) is 5.76 Å². The smallest absolute Gasteiger partial charge is 0.248 e. The molecular formula is C19H25N5O2S. The van der Waals surface area contributed by atoms with Gasteiger partial charge in [-0.1, -0.05) is 23.2 Å². The summed E-state index contributed by atoms with van der Waals surface area (Å²) in [6, 6.07) is 1.89. The van der Waals surface area contributed by atoms with Crippen molar-refractivity contribution in [3.63, 3.8) is 0 Å². The average Bonchev–Trinajstić information content (AvgIpc) is 3.09. The second-order valence-corrected chi connectivity index (χ2v) is 6.38. The summed E-state index contributed by atoms with van der Waals surface area (Å²) in [6.45, 7) is 6.50. The molecule has 1 heterocycles. The van der Waals surface area contributed by atoms with Gasteiger partial charge in [0.25, 0.3) is 0 Å². The lowest BCUT2D eigenvalue weighted by Gasteiger charge is -2.10. The molecule has 1 aromatic heterocycles. The highest BCUT2D eigenvalue weighted by Crippen LogP contribution is 2.26. The Morgan fingerprint density at radius 3 is 2.78 bits per heavy atom. The molecule has 0 aromatic carbocycles. The van der Waals surface area contributed by atoms with Crippen LogP contribution in [0, 0.1) is 19.3 Å². The van der Waals surface area contributed by atoms with Crippen molar-refractivity contribution in [2.45, 2.75) is 26.5 Å². The van der Waals surface area contributed by atoms with Crippen molar-refractivity contribution in [3.05, 3.63) is 40.2 Å². The topological polar surface area (TPSA) is 91.9 Å². The number of allylic oxidation sites excluding steroid dienone is 2. The highest BCUT2D eigenvalue weighted by molar-refractivity contribution is 8.02.